The number of methoxy groups -OCH3 is 1. The smallest absolute Gasteiger partial charge is 0.158 e. The van der Waals surface area contributed by atoms with Crippen LogP contribution >= 0.6 is 0 Å². The number of ether oxygens (including phenoxy) is 1. The van der Waals surface area contributed by atoms with Gasteiger partial charge in [-0.1, -0.05) is 0 Å². The number of benzene rings is 1. The monoisotopic (exact) mass is 217 g/mol. The van der Waals surface area contributed by atoms with Crippen molar-refractivity contribution in [2.75, 3.05) is 7.11 Å². The molecule has 0 spiro atoms. The molecule has 1 aromatic heterocycles. The molecule has 0 saturated carbocycles. The largest absolute Gasteiger partial charge is 0.497 e. The van der Waals surface area contributed by atoms with Gasteiger partial charge in [0.15, 0.2) is 5.82 Å². The van der Waals surface area contributed by atoms with Gasteiger partial charge in [-0.3, -0.25) is 0 Å². The Hall–Kier alpha value is -1.84. The summed E-state index contributed by atoms with van der Waals surface area (Å²) in [6, 6.07) is 8.13. The molecule has 16 heavy (non-hydrogen) atoms. The zero-order chi connectivity index (χ0) is 11.5. The topological polar surface area (TPSA) is 39.9 Å². The molecule has 4 heteroatoms. The van der Waals surface area contributed by atoms with Crippen molar-refractivity contribution < 1.29 is 4.74 Å². The highest BCUT2D eigenvalue weighted by Gasteiger charge is 2.09. The predicted octanol–water partition coefficient (Wildman–Crippen LogP) is 2.53. The van der Waals surface area contributed by atoms with E-state index in [-0.39, 0.29) is 0 Å². The number of hydrogen-bond donors (Lipinski definition) is 0. The molecule has 0 saturated heterocycles. The van der Waals surface area contributed by atoms with E-state index in [1.54, 1.807) is 13.4 Å². The van der Waals surface area contributed by atoms with Gasteiger partial charge in [0.25, 0.3) is 0 Å². The Morgan fingerprint density at radius 2 is 1.88 bits per heavy atom. The lowest BCUT2D eigenvalue weighted by Gasteiger charge is -2.09. The minimum absolute atomic E-state index is 0.305. The standard InChI is InChI=1S/C12H15N3O/c1-9(2)15-12(13-8-14-15)10-4-6-11(16-3)7-5-10/h4-9H,1-3H3. The normalized spacial score (nSPS) is 10.8. The van der Waals surface area contributed by atoms with E-state index in [2.05, 4.69) is 23.9 Å². The Kier molecular flexibility index (Phi) is 2.90. The van der Waals surface area contributed by atoms with Crippen LogP contribution in [0.5, 0.6) is 5.75 Å². The Morgan fingerprint density at radius 1 is 1.19 bits per heavy atom. The molecule has 0 unspecified atom stereocenters. The Labute approximate surface area is 94.9 Å². The first-order chi connectivity index (χ1) is 7.72. The highest BCUT2D eigenvalue weighted by Crippen LogP contribution is 2.22. The molecule has 4 nitrogen and oxygen atoms in total. The number of aromatic nitrogens is 3. The van der Waals surface area contributed by atoms with Gasteiger partial charge in [-0.25, -0.2) is 9.67 Å². The summed E-state index contributed by atoms with van der Waals surface area (Å²) in [4.78, 5) is 4.27. The molecule has 0 fully saturated rings. The van der Waals surface area contributed by atoms with Crippen LogP contribution in [0.2, 0.25) is 0 Å². The molecule has 0 radical (unpaired) electrons. The second kappa shape index (κ2) is 4.35. The zero-order valence-corrected chi connectivity index (χ0v) is 9.71. The molecule has 84 valence electrons. The highest BCUT2D eigenvalue weighted by atomic mass is 16.5. The molecule has 2 rings (SSSR count). The fraction of sp³-hybridized carbons (Fsp3) is 0.333. The summed E-state index contributed by atoms with van der Waals surface area (Å²) < 4.78 is 7.03. The van der Waals surface area contributed by atoms with Crippen LogP contribution in [-0.2, 0) is 0 Å². The van der Waals surface area contributed by atoms with Crippen LogP contribution in [0.1, 0.15) is 19.9 Å². The van der Waals surface area contributed by atoms with E-state index in [1.807, 2.05) is 28.9 Å². The average Bonchev–Trinajstić information content (AvgIpc) is 2.78. The van der Waals surface area contributed by atoms with Crippen molar-refractivity contribution in [2.45, 2.75) is 19.9 Å². The lowest BCUT2D eigenvalue weighted by Crippen LogP contribution is -2.04. The molecular weight excluding hydrogens is 202 g/mol. The van der Waals surface area contributed by atoms with E-state index < -0.39 is 0 Å². The maximum Gasteiger partial charge on any atom is 0.158 e. The third-order valence-corrected chi connectivity index (χ3v) is 2.41. The Bertz CT molecular complexity index is 459. The van der Waals surface area contributed by atoms with Crippen molar-refractivity contribution in [3.05, 3.63) is 30.6 Å². The van der Waals surface area contributed by atoms with Crippen LogP contribution in [0, 0.1) is 0 Å². The lowest BCUT2D eigenvalue weighted by molar-refractivity contribution is 0.415. The van der Waals surface area contributed by atoms with E-state index in [4.69, 9.17) is 4.74 Å². The fourth-order valence-electron chi connectivity index (χ4n) is 1.57. The van der Waals surface area contributed by atoms with Crippen LogP contribution in [0.4, 0.5) is 0 Å². The van der Waals surface area contributed by atoms with E-state index >= 15 is 0 Å². The molecule has 0 bridgehead atoms. The molecular formula is C12H15N3O. The third-order valence-electron chi connectivity index (χ3n) is 2.41. The van der Waals surface area contributed by atoms with Gasteiger partial charge in [-0.2, -0.15) is 5.10 Å². The minimum Gasteiger partial charge on any atom is -0.497 e. The van der Waals surface area contributed by atoms with Gasteiger partial charge in [0.2, 0.25) is 0 Å². The lowest BCUT2D eigenvalue weighted by atomic mass is 10.2. The molecule has 0 aliphatic rings. The van der Waals surface area contributed by atoms with Crippen LogP contribution in [0.15, 0.2) is 30.6 Å². The minimum atomic E-state index is 0.305. The molecule has 1 aromatic carbocycles. The second-order valence-corrected chi connectivity index (χ2v) is 3.85. The molecule has 0 atom stereocenters. The number of hydrogen-bond acceptors (Lipinski definition) is 3. The van der Waals surface area contributed by atoms with Crippen molar-refractivity contribution >= 4 is 0 Å². The van der Waals surface area contributed by atoms with Gasteiger partial charge < -0.3 is 4.74 Å². The maximum absolute atomic E-state index is 5.12. The summed E-state index contributed by atoms with van der Waals surface area (Å²) in [7, 11) is 1.66. The van der Waals surface area contributed by atoms with E-state index in [1.165, 1.54) is 0 Å². The molecule has 2 aromatic rings. The summed E-state index contributed by atoms with van der Waals surface area (Å²) in [5, 5.41) is 4.21. The first-order valence-corrected chi connectivity index (χ1v) is 5.26. The quantitative estimate of drug-likeness (QED) is 0.793. The first kappa shape index (κ1) is 10.7. The maximum atomic E-state index is 5.12. The van der Waals surface area contributed by atoms with Crippen molar-refractivity contribution in [2.24, 2.45) is 0 Å². The predicted molar refractivity (Wildman–Crippen MR) is 62.4 cm³/mol. The molecule has 0 amide bonds. The van der Waals surface area contributed by atoms with Gasteiger partial charge in [0.1, 0.15) is 12.1 Å². The molecule has 0 N–H and O–H groups in total. The van der Waals surface area contributed by atoms with Crippen LogP contribution < -0.4 is 4.74 Å². The van der Waals surface area contributed by atoms with E-state index in [0.717, 1.165) is 17.1 Å². The molecule has 1 heterocycles. The van der Waals surface area contributed by atoms with Crippen molar-refractivity contribution in [1.82, 2.24) is 14.8 Å². The summed E-state index contributed by atoms with van der Waals surface area (Å²) >= 11 is 0. The number of rotatable bonds is 3. The van der Waals surface area contributed by atoms with Gasteiger partial charge >= 0.3 is 0 Å². The molecule has 0 aliphatic heterocycles. The van der Waals surface area contributed by atoms with E-state index in [9.17, 15) is 0 Å². The third kappa shape index (κ3) is 1.91. The van der Waals surface area contributed by atoms with Crippen molar-refractivity contribution in [1.29, 1.82) is 0 Å². The Morgan fingerprint density at radius 3 is 2.44 bits per heavy atom. The summed E-state index contributed by atoms with van der Waals surface area (Å²) in [6.07, 6.45) is 1.58. The fourth-order valence-corrected chi connectivity index (χ4v) is 1.57. The second-order valence-electron chi connectivity index (χ2n) is 3.85. The van der Waals surface area contributed by atoms with E-state index in [0.29, 0.717) is 6.04 Å². The van der Waals surface area contributed by atoms with Gasteiger partial charge in [0.05, 0.1) is 7.11 Å². The SMILES string of the molecule is COc1ccc(-c2ncnn2C(C)C)cc1. The Balaban J connectivity index is 2.38. The van der Waals surface area contributed by atoms with Gasteiger partial charge in [-0.05, 0) is 38.1 Å². The van der Waals surface area contributed by atoms with Gasteiger partial charge in [0, 0.05) is 11.6 Å². The zero-order valence-electron chi connectivity index (χ0n) is 9.71. The van der Waals surface area contributed by atoms with Crippen molar-refractivity contribution in [3.63, 3.8) is 0 Å². The van der Waals surface area contributed by atoms with Crippen LogP contribution in [-0.4, -0.2) is 21.9 Å². The summed E-state index contributed by atoms with van der Waals surface area (Å²) in [6.45, 7) is 4.17. The highest BCUT2D eigenvalue weighted by molar-refractivity contribution is 5.56. The average molecular weight is 217 g/mol. The van der Waals surface area contributed by atoms with Crippen molar-refractivity contribution in [3.8, 4) is 17.1 Å². The van der Waals surface area contributed by atoms with Gasteiger partial charge in [-0.15, -0.1) is 0 Å². The van der Waals surface area contributed by atoms with Crippen LogP contribution in [0.3, 0.4) is 0 Å². The number of nitrogens with zero attached hydrogens (tertiary/aromatic N) is 3. The van der Waals surface area contributed by atoms with Crippen LogP contribution in [0.25, 0.3) is 11.4 Å². The summed E-state index contributed by atoms with van der Waals surface area (Å²) in [5.41, 5.74) is 1.05. The summed E-state index contributed by atoms with van der Waals surface area (Å²) in [5.74, 6) is 1.73. The first-order valence-electron chi connectivity index (χ1n) is 5.26. The molecule has 0 aliphatic carbocycles.